The third-order valence-electron chi connectivity index (χ3n) is 4.21. The van der Waals surface area contributed by atoms with E-state index >= 15 is 0 Å². The second-order valence-electron chi connectivity index (χ2n) is 6.54. The minimum Gasteiger partial charge on any atom is -0.490 e. The molecule has 29 heavy (non-hydrogen) atoms. The predicted octanol–water partition coefficient (Wildman–Crippen LogP) is 7.71. The van der Waals surface area contributed by atoms with Gasteiger partial charge in [-0.3, -0.25) is 4.79 Å². The molecule has 0 radical (unpaired) electrons. The summed E-state index contributed by atoms with van der Waals surface area (Å²) in [5, 5.41) is 0. The molecule has 0 bridgehead atoms. The molecule has 1 aromatic carbocycles. The zero-order valence-corrected chi connectivity index (χ0v) is 20.5. The number of ether oxygens (including phenoxy) is 2. The van der Waals surface area contributed by atoms with E-state index in [1.165, 1.54) is 68.9 Å². The second kappa shape index (κ2) is 27.0. The first kappa shape index (κ1) is 30.2. The van der Waals surface area contributed by atoms with Crippen molar-refractivity contribution in [3.8, 4) is 0 Å². The lowest BCUT2D eigenvalue weighted by molar-refractivity contribution is 0.231. The van der Waals surface area contributed by atoms with Crippen molar-refractivity contribution < 1.29 is 14.3 Å². The van der Waals surface area contributed by atoms with E-state index in [1.54, 1.807) is 0 Å². The molecule has 0 fully saturated rings. The number of hydrogen-bond acceptors (Lipinski definition) is 5. The topological polar surface area (TPSA) is 35.5 Å². The first-order chi connectivity index (χ1) is 14.2. The molecule has 0 saturated carbocycles. The molecule has 0 heterocycles. The van der Waals surface area contributed by atoms with Crippen molar-refractivity contribution in [2.24, 2.45) is 0 Å². The quantitative estimate of drug-likeness (QED) is 0.126. The summed E-state index contributed by atoms with van der Waals surface area (Å²) in [5.74, 6) is 0. The van der Waals surface area contributed by atoms with Gasteiger partial charge in [-0.25, -0.2) is 0 Å². The van der Waals surface area contributed by atoms with E-state index in [0.717, 1.165) is 18.6 Å². The van der Waals surface area contributed by atoms with Crippen molar-refractivity contribution in [1.82, 2.24) is 0 Å². The number of rotatable bonds is 15. The van der Waals surface area contributed by atoms with Gasteiger partial charge in [0.15, 0.2) is 5.62 Å². The van der Waals surface area contributed by atoms with Crippen molar-refractivity contribution in [2.45, 2.75) is 84.2 Å². The number of benzene rings is 1. The van der Waals surface area contributed by atoms with E-state index in [-0.39, 0.29) is 6.10 Å². The summed E-state index contributed by atoms with van der Waals surface area (Å²) in [6.07, 6.45) is 13.7. The maximum Gasteiger partial charge on any atom is 0.173 e. The Morgan fingerprint density at radius 1 is 0.897 bits per heavy atom. The van der Waals surface area contributed by atoms with Gasteiger partial charge in [0.25, 0.3) is 0 Å². The summed E-state index contributed by atoms with van der Waals surface area (Å²) in [4.78, 5) is 8.67. The van der Waals surface area contributed by atoms with Crippen molar-refractivity contribution in [3.63, 3.8) is 0 Å². The number of thiol groups is 1. The molecule has 1 rings (SSSR count). The minimum atomic E-state index is 0.0636. The zero-order valence-electron chi connectivity index (χ0n) is 18.0. The molecule has 0 aliphatic carbocycles. The number of thiocarbonyl (C=S) groups is 2. The summed E-state index contributed by atoms with van der Waals surface area (Å²) in [5.41, 5.74) is 4.26. The maximum absolute atomic E-state index is 8.67. The second-order valence-corrected chi connectivity index (χ2v) is 7.14. The monoisotopic (exact) mass is 458 g/mol. The van der Waals surface area contributed by atoms with Crippen molar-refractivity contribution in [1.29, 1.82) is 0 Å². The minimum absolute atomic E-state index is 0.0636. The summed E-state index contributed by atoms with van der Waals surface area (Å²) >= 11 is 12.3. The molecule has 6 heteroatoms. The SMILES string of the molecule is CC(OC=S)c1ccccc1.CCCCCCCCCCCCOC=S.O=CS. The van der Waals surface area contributed by atoms with Gasteiger partial charge in [-0.05, 0) is 43.3 Å². The zero-order chi connectivity index (χ0) is 22.0. The van der Waals surface area contributed by atoms with Gasteiger partial charge in [0.1, 0.15) is 17.2 Å². The Hall–Kier alpha value is -0.980. The van der Waals surface area contributed by atoms with Crippen LogP contribution in [0, 0.1) is 0 Å². The molecular formula is C23H38O3S3. The van der Waals surface area contributed by atoms with E-state index in [9.17, 15) is 0 Å². The Balaban J connectivity index is 0. The molecule has 166 valence electrons. The summed E-state index contributed by atoms with van der Waals surface area (Å²) in [6.45, 7) is 5.04. The molecule has 0 N–H and O–H groups in total. The van der Waals surface area contributed by atoms with Crippen molar-refractivity contribution in [3.05, 3.63) is 35.9 Å². The number of hydrogen-bond donors (Lipinski definition) is 1. The smallest absolute Gasteiger partial charge is 0.173 e. The molecule has 0 aliphatic rings. The number of carbonyl (C=O) groups excluding carboxylic acids is 1. The molecule has 1 aromatic rings. The van der Waals surface area contributed by atoms with Crippen LogP contribution in [0.5, 0.6) is 0 Å². The lowest BCUT2D eigenvalue weighted by Gasteiger charge is -2.09. The maximum atomic E-state index is 8.67. The number of unbranched alkanes of at least 4 members (excludes halogenated alkanes) is 9. The molecular weight excluding hydrogens is 420 g/mol. The highest BCUT2D eigenvalue weighted by molar-refractivity contribution is 7.94. The highest BCUT2D eigenvalue weighted by atomic mass is 32.1. The van der Waals surface area contributed by atoms with Gasteiger partial charge >= 0.3 is 0 Å². The Labute approximate surface area is 194 Å². The van der Waals surface area contributed by atoms with Crippen LogP contribution in [0.1, 0.15) is 89.7 Å². The number of carbonyl (C=O) groups is 1. The average Bonchev–Trinajstić information content (AvgIpc) is 2.74. The molecule has 1 unspecified atom stereocenters. The van der Waals surface area contributed by atoms with Gasteiger partial charge in [0.2, 0.25) is 0 Å². The van der Waals surface area contributed by atoms with E-state index < -0.39 is 0 Å². The fourth-order valence-electron chi connectivity index (χ4n) is 2.61. The van der Waals surface area contributed by atoms with Gasteiger partial charge in [-0.2, -0.15) is 0 Å². The predicted molar refractivity (Wildman–Crippen MR) is 137 cm³/mol. The van der Waals surface area contributed by atoms with Crippen LogP contribution in [0.25, 0.3) is 0 Å². The van der Waals surface area contributed by atoms with Crippen molar-refractivity contribution >= 4 is 53.8 Å². The van der Waals surface area contributed by atoms with Gasteiger partial charge in [0, 0.05) is 0 Å². The molecule has 0 amide bonds. The van der Waals surface area contributed by atoms with E-state index in [1.807, 2.05) is 37.3 Å². The lowest BCUT2D eigenvalue weighted by Crippen LogP contribution is -1.95. The third kappa shape index (κ3) is 25.0. The molecule has 0 aromatic heterocycles. The van der Waals surface area contributed by atoms with Crippen LogP contribution < -0.4 is 0 Å². The van der Waals surface area contributed by atoms with Gasteiger partial charge in [-0.1, -0.05) is 95.0 Å². The highest BCUT2D eigenvalue weighted by Gasteiger charge is 2.01. The molecule has 0 aliphatic heterocycles. The Bertz CT molecular complexity index is 470. The first-order valence-corrected chi connectivity index (χ1v) is 11.9. The Kier molecular flexibility index (Phi) is 28.2. The van der Waals surface area contributed by atoms with Crippen LogP contribution in [-0.2, 0) is 14.3 Å². The van der Waals surface area contributed by atoms with E-state index in [2.05, 4.69) is 44.0 Å². The summed E-state index contributed by atoms with van der Waals surface area (Å²) in [6, 6.07) is 9.98. The van der Waals surface area contributed by atoms with Crippen LogP contribution in [0.3, 0.4) is 0 Å². The average molecular weight is 459 g/mol. The lowest BCUT2D eigenvalue weighted by atomic mass is 10.1. The molecule has 0 spiro atoms. The fourth-order valence-corrected chi connectivity index (χ4v) is 2.87. The van der Waals surface area contributed by atoms with E-state index in [0.29, 0.717) is 5.62 Å². The Morgan fingerprint density at radius 3 is 1.83 bits per heavy atom. The van der Waals surface area contributed by atoms with E-state index in [4.69, 9.17) is 14.3 Å². The third-order valence-corrected chi connectivity index (χ3v) is 4.46. The molecule has 0 saturated heterocycles. The van der Waals surface area contributed by atoms with Crippen LogP contribution in [0.4, 0.5) is 0 Å². The van der Waals surface area contributed by atoms with Gasteiger partial charge < -0.3 is 9.47 Å². The van der Waals surface area contributed by atoms with Crippen molar-refractivity contribution in [2.75, 3.05) is 6.61 Å². The largest absolute Gasteiger partial charge is 0.490 e. The molecule has 3 nitrogen and oxygen atoms in total. The molecule has 1 atom stereocenters. The van der Waals surface area contributed by atoms with Crippen LogP contribution >= 0.6 is 37.1 Å². The van der Waals surface area contributed by atoms with Crippen LogP contribution in [0.2, 0.25) is 0 Å². The van der Waals surface area contributed by atoms with Gasteiger partial charge in [-0.15, -0.1) is 12.6 Å². The standard InChI is InChI=1S/C13H26OS.C9H10OS.CH2OS/c1-2-3-4-5-6-7-8-9-10-11-12-14-13-15;1-8(10-7-11)9-5-3-2-4-6-9;2-1-3/h13H,2-12H2,1H3;2-8H,1H3;1H,(H,2,3). The fraction of sp³-hybridized carbons (Fsp3) is 0.609. The van der Waals surface area contributed by atoms with Crippen LogP contribution in [-0.4, -0.2) is 23.3 Å². The highest BCUT2D eigenvalue weighted by Crippen LogP contribution is 2.14. The summed E-state index contributed by atoms with van der Waals surface area (Å²) < 4.78 is 10.1. The van der Waals surface area contributed by atoms with Crippen LogP contribution in [0.15, 0.2) is 30.3 Å². The Morgan fingerprint density at radius 2 is 1.38 bits per heavy atom. The van der Waals surface area contributed by atoms with Gasteiger partial charge in [0.05, 0.1) is 6.61 Å². The first-order valence-electron chi connectivity index (χ1n) is 10.4. The summed E-state index contributed by atoms with van der Waals surface area (Å²) in [7, 11) is 0. The normalized spacial score (nSPS) is 10.3.